The summed E-state index contributed by atoms with van der Waals surface area (Å²) in [7, 11) is -3.73. The Bertz CT molecular complexity index is 923. The number of pyridine rings is 1. The number of benzene rings is 1. The Balaban J connectivity index is 1.65. The van der Waals surface area contributed by atoms with Crippen molar-refractivity contribution < 1.29 is 30.7 Å². The normalized spacial score (nSPS) is 17.1. The predicted octanol–water partition coefficient (Wildman–Crippen LogP) is 2.71. The van der Waals surface area contributed by atoms with Crippen LogP contribution in [-0.2, 0) is 21.3 Å². The Morgan fingerprint density at radius 1 is 1.07 bits per heavy atom. The molecule has 0 saturated carbocycles. The minimum Gasteiger partial charge on any atom is -0.377 e. The number of nitrogens with one attached hydrogen (secondary N) is 2. The lowest BCUT2D eigenvalue weighted by Gasteiger charge is -2.12. The number of sulfonamides is 1. The Morgan fingerprint density at radius 2 is 1.71 bits per heavy atom. The number of rotatable bonds is 7. The van der Waals surface area contributed by atoms with Gasteiger partial charge in [-0.25, -0.2) is 13.1 Å². The van der Waals surface area contributed by atoms with Gasteiger partial charge in [-0.1, -0.05) is 12.1 Å². The van der Waals surface area contributed by atoms with Crippen molar-refractivity contribution in [2.24, 2.45) is 0 Å². The van der Waals surface area contributed by atoms with Gasteiger partial charge in [0.2, 0.25) is 21.7 Å². The summed E-state index contributed by atoms with van der Waals surface area (Å²) in [6.07, 6.45) is 1.53. The highest BCUT2D eigenvalue weighted by atomic mass is 32.2. The first kappa shape index (κ1) is 20.5. The van der Waals surface area contributed by atoms with Crippen molar-refractivity contribution in [3.63, 3.8) is 0 Å². The zero-order chi connectivity index (χ0) is 20.3. The van der Waals surface area contributed by atoms with Crippen LogP contribution in [0.25, 0.3) is 0 Å². The van der Waals surface area contributed by atoms with E-state index >= 15 is 0 Å². The van der Waals surface area contributed by atoms with Gasteiger partial charge in [0.15, 0.2) is 0 Å². The molecule has 2 N–H and O–H groups in total. The number of halogens is 4. The molecule has 1 aliphatic rings. The van der Waals surface area contributed by atoms with Crippen LogP contribution in [0.1, 0.15) is 18.4 Å². The zero-order valence-electron chi connectivity index (χ0n) is 14.5. The molecular weight excluding hydrogens is 402 g/mol. The lowest BCUT2D eigenvalue weighted by Crippen LogP contribution is -2.31. The van der Waals surface area contributed by atoms with Gasteiger partial charge in [-0.15, -0.1) is 0 Å². The summed E-state index contributed by atoms with van der Waals surface area (Å²) in [6, 6.07) is 5.46. The Morgan fingerprint density at radius 3 is 2.29 bits per heavy atom. The predicted molar refractivity (Wildman–Crippen MR) is 92.0 cm³/mol. The van der Waals surface area contributed by atoms with Crippen molar-refractivity contribution in [3.05, 3.63) is 53.4 Å². The number of ether oxygens (including phenoxy) is 1. The molecule has 0 bridgehead atoms. The van der Waals surface area contributed by atoms with E-state index in [0.717, 1.165) is 12.8 Å². The van der Waals surface area contributed by atoms with Gasteiger partial charge in [0.05, 0.1) is 11.0 Å². The van der Waals surface area contributed by atoms with Crippen molar-refractivity contribution >= 4 is 15.7 Å². The van der Waals surface area contributed by atoms with Gasteiger partial charge in [-0.2, -0.15) is 22.5 Å². The van der Waals surface area contributed by atoms with E-state index in [1.807, 2.05) is 0 Å². The van der Waals surface area contributed by atoms with Crippen molar-refractivity contribution in [1.29, 1.82) is 0 Å². The Kier molecular flexibility index (Phi) is 6.16. The van der Waals surface area contributed by atoms with E-state index in [1.54, 1.807) is 0 Å². The number of hydrogen-bond acceptors (Lipinski definition) is 5. The highest BCUT2D eigenvalue weighted by Crippen LogP contribution is 2.23. The van der Waals surface area contributed by atoms with Crippen LogP contribution in [0.4, 0.5) is 23.2 Å². The maximum atomic E-state index is 13.6. The van der Waals surface area contributed by atoms with Crippen molar-refractivity contribution in [3.8, 4) is 0 Å². The molecule has 1 aliphatic heterocycles. The number of hydrogen-bond donors (Lipinski definition) is 2. The summed E-state index contributed by atoms with van der Waals surface area (Å²) in [5, 5.41) is 2.25. The summed E-state index contributed by atoms with van der Waals surface area (Å²) < 4.78 is 85.7. The lowest BCUT2D eigenvalue weighted by molar-refractivity contribution is 0.114. The van der Waals surface area contributed by atoms with Crippen LogP contribution in [0.2, 0.25) is 0 Å². The second kappa shape index (κ2) is 8.41. The fourth-order valence-electron chi connectivity index (χ4n) is 2.71. The van der Waals surface area contributed by atoms with Crippen LogP contribution in [0.5, 0.6) is 0 Å². The molecule has 1 atom stereocenters. The van der Waals surface area contributed by atoms with Gasteiger partial charge in [0, 0.05) is 19.7 Å². The second-order valence-corrected chi connectivity index (χ2v) is 7.95. The van der Waals surface area contributed by atoms with Crippen LogP contribution in [0.15, 0.2) is 29.2 Å². The van der Waals surface area contributed by atoms with Crippen molar-refractivity contribution in [2.75, 3.05) is 18.5 Å². The zero-order valence-corrected chi connectivity index (χ0v) is 15.3. The standard InChI is InChI=1S/C17H17F4N3O3S/c18-13-15(14(19)17(21)24-16(13)20)22-8-10-3-5-12(6-4-10)28(25,26)23-9-11-2-1-7-27-11/h3-6,11,23H,1-2,7-9H2,(H,22,24). The highest BCUT2D eigenvalue weighted by molar-refractivity contribution is 7.89. The Hall–Kier alpha value is -2.24. The van der Waals surface area contributed by atoms with Crippen LogP contribution >= 0.6 is 0 Å². The third-order valence-corrected chi connectivity index (χ3v) is 5.66. The quantitative estimate of drug-likeness (QED) is 0.533. The molecule has 1 saturated heterocycles. The fraction of sp³-hybridized carbons (Fsp3) is 0.353. The van der Waals surface area contributed by atoms with Gasteiger partial charge in [-0.3, -0.25) is 0 Å². The van der Waals surface area contributed by atoms with Crippen molar-refractivity contribution in [2.45, 2.75) is 30.4 Å². The van der Waals surface area contributed by atoms with Crippen LogP contribution in [-0.4, -0.2) is 32.7 Å². The molecule has 2 aromatic rings. The first-order valence-corrected chi connectivity index (χ1v) is 9.90. The van der Waals surface area contributed by atoms with E-state index < -0.39 is 39.2 Å². The highest BCUT2D eigenvalue weighted by Gasteiger charge is 2.21. The Labute approximate surface area is 159 Å². The molecule has 0 radical (unpaired) electrons. The van der Waals surface area contributed by atoms with Gasteiger partial charge >= 0.3 is 0 Å². The molecule has 1 fully saturated rings. The van der Waals surface area contributed by atoms with E-state index in [9.17, 15) is 26.0 Å². The second-order valence-electron chi connectivity index (χ2n) is 6.18. The number of aromatic nitrogens is 1. The average Bonchev–Trinajstić information content (AvgIpc) is 3.19. The lowest BCUT2D eigenvalue weighted by atomic mass is 10.2. The molecule has 6 nitrogen and oxygen atoms in total. The summed E-state index contributed by atoms with van der Waals surface area (Å²) >= 11 is 0. The van der Waals surface area contributed by atoms with Gasteiger partial charge in [0.25, 0.3) is 11.9 Å². The van der Waals surface area contributed by atoms with Crippen LogP contribution in [0.3, 0.4) is 0 Å². The maximum absolute atomic E-state index is 13.6. The smallest absolute Gasteiger partial charge is 0.253 e. The summed E-state index contributed by atoms with van der Waals surface area (Å²) in [5.74, 6) is -6.81. The molecule has 1 aromatic heterocycles. The van der Waals surface area contributed by atoms with Gasteiger partial charge < -0.3 is 10.1 Å². The van der Waals surface area contributed by atoms with Crippen LogP contribution in [0, 0.1) is 23.5 Å². The van der Waals surface area contributed by atoms with Gasteiger partial charge in [0.1, 0.15) is 5.69 Å². The van der Waals surface area contributed by atoms with Crippen molar-refractivity contribution in [1.82, 2.24) is 9.71 Å². The monoisotopic (exact) mass is 419 g/mol. The molecule has 28 heavy (non-hydrogen) atoms. The topological polar surface area (TPSA) is 80.3 Å². The molecule has 1 unspecified atom stereocenters. The molecule has 0 spiro atoms. The minimum absolute atomic E-state index is 0.00704. The SMILES string of the molecule is O=S(=O)(NCC1CCCO1)c1ccc(CNc2c(F)c(F)nc(F)c2F)cc1. The molecule has 3 rings (SSSR count). The summed E-state index contributed by atoms with van der Waals surface area (Å²) in [4.78, 5) is 2.47. The summed E-state index contributed by atoms with van der Waals surface area (Å²) in [6.45, 7) is 0.588. The van der Waals surface area contributed by atoms with Crippen LogP contribution < -0.4 is 10.0 Å². The van der Waals surface area contributed by atoms with E-state index in [1.165, 1.54) is 24.3 Å². The first-order chi connectivity index (χ1) is 13.3. The third kappa shape index (κ3) is 4.59. The van der Waals surface area contributed by atoms with E-state index in [2.05, 4.69) is 15.0 Å². The number of anilines is 1. The molecule has 152 valence electrons. The van der Waals surface area contributed by atoms with E-state index in [-0.39, 0.29) is 24.1 Å². The molecule has 0 amide bonds. The largest absolute Gasteiger partial charge is 0.377 e. The maximum Gasteiger partial charge on any atom is 0.253 e. The van der Waals surface area contributed by atoms with E-state index in [4.69, 9.17) is 4.74 Å². The first-order valence-electron chi connectivity index (χ1n) is 8.42. The third-order valence-electron chi connectivity index (χ3n) is 4.23. The summed E-state index contributed by atoms with van der Waals surface area (Å²) in [5.41, 5.74) is -0.547. The average molecular weight is 419 g/mol. The number of nitrogens with zero attached hydrogens (tertiary/aromatic N) is 1. The molecule has 2 heterocycles. The fourth-order valence-corrected chi connectivity index (χ4v) is 3.78. The molecular formula is C17H17F4N3O3S. The minimum atomic E-state index is -3.73. The molecule has 0 aliphatic carbocycles. The molecule has 11 heteroatoms. The van der Waals surface area contributed by atoms with E-state index in [0.29, 0.717) is 12.2 Å². The molecule has 1 aromatic carbocycles. The van der Waals surface area contributed by atoms with Gasteiger partial charge in [-0.05, 0) is 30.5 Å².